The molecule has 0 unspecified atom stereocenters. The summed E-state index contributed by atoms with van der Waals surface area (Å²) in [5.74, 6) is 0.650. The van der Waals surface area contributed by atoms with Crippen molar-refractivity contribution in [2.45, 2.75) is 19.5 Å². The highest BCUT2D eigenvalue weighted by atomic mass is 16.5. The van der Waals surface area contributed by atoms with Crippen LogP contribution in [0.15, 0.2) is 71.7 Å². The van der Waals surface area contributed by atoms with Crippen LogP contribution in [0.3, 0.4) is 0 Å². The third kappa shape index (κ3) is 3.54. The summed E-state index contributed by atoms with van der Waals surface area (Å²) in [7, 11) is 0. The number of nitrogens with one attached hydrogen (secondary N) is 1. The summed E-state index contributed by atoms with van der Waals surface area (Å²) in [6.45, 7) is 1.37. The third-order valence-electron chi connectivity index (χ3n) is 6.55. The lowest BCUT2D eigenvalue weighted by Crippen LogP contribution is -2.13. The maximum Gasteiger partial charge on any atom is 0.272 e. The smallest absolute Gasteiger partial charge is 0.272 e. The molecule has 0 atom stereocenters. The van der Waals surface area contributed by atoms with Gasteiger partial charge in [0, 0.05) is 30.5 Å². The Labute approximate surface area is 206 Å². The molecule has 1 aliphatic rings. The predicted molar refractivity (Wildman–Crippen MR) is 137 cm³/mol. The number of aromatic nitrogens is 4. The van der Waals surface area contributed by atoms with Gasteiger partial charge in [0.15, 0.2) is 0 Å². The summed E-state index contributed by atoms with van der Waals surface area (Å²) in [6, 6.07) is 21.8. The zero-order valence-corrected chi connectivity index (χ0v) is 19.4. The van der Waals surface area contributed by atoms with Gasteiger partial charge in [0.1, 0.15) is 5.75 Å². The number of nitriles is 1. The fourth-order valence-corrected chi connectivity index (χ4v) is 4.83. The first-order chi connectivity index (χ1) is 17.7. The predicted octanol–water partition coefficient (Wildman–Crippen LogP) is 4.23. The third-order valence-corrected chi connectivity index (χ3v) is 6.55. The second kappa shape index (κ2) is 8.80. The molecule has 36 heavy (non-hydrogen) atoms. The van der Waals surface area contributed by atoms with Crippen molar-refractivity contribution in [3.63, 3.8) is 0 Å². The summed E-state index contributed by atoms with van der Waals surface area (Å²) in [5, 5.41) is 22.7. The lowest BCUT2D eigenvalue weighted by molar-refractivity contribution is 0.295. The van der Waals surface area contributed by atoms with Gasteiger partial charge >= 0.3 is 0 Å². The van der Waals surface area contributed by atoms with Gasteiger partial charge in [0.05, 0.1) is 46.8 Å². The highest BCUT2D eigenvalue weighted by Crippen LogP contribution is 2.43. The van der Waals surface area contributed by atoms with Gasteiger partial charge in [-0.3, -0.25) is 9.48 Å². The molecule has 0 fully saturated rings. The molecule has 0 aliphatic carbocycles. The maximum absolute atomic E-state index is 12.3. The summed E-state index contributed by atoms with van der Waals surface area (Å²) in [5.41, 5.74) is 11.9. The molecule has 5 aromatic rings. The van der Waals surface area contributed by atoms with Gasteiger partial charge in [-0.2, -0.15) is 15.5 Å². The van der Waals surface area contributed by atoms with Crippen molar-refractivity contribution in [1.82, 2.24) is 20.0 Å². The highest BCUT2D eigenvalue weighted by molar-refractivity contribution is 5.93. The van der Waals surface area contributed by atoms with E-state index in [1.807, 2.05) is 59.3 Å². The van der Waals surface area contributed by atoms with Gasteiger partial charge < -0.3 is 10.5 Å². The van der Waals surface area contributed by atoms with E-state index in [1.54, 1.807) is 12.3 Å². The standard InChI is InChI=1S/C28H22N6O2/c29-14-20-11-19(17-5-2-1-3-6-17)13-25-26(20)27-23(16-31-34(27)9-4-10-36-25)18-7-8-21-22(12-18)24(15-30)32-33-28(21)35/h1-3,5-8,11-13,16H,4,9-10,15,30H2,(H,33,35). The molecule has 0 saturated carbocycles. The second-order valence-electron chi connectivity index (χ2n) is 8.67. The molecule has 0 spiro atoms. The van der Waals surface area contributed by atoms with Crippen LogP contribution in [0.4, 0.5) is 0 Å². The first kappa shape index (κ1) is 21.8. The monoisotopic (exact) mass is 474 g/mol. The largest absolute Gasteiger partial charge is 0.493 e. The van der Waals surface area contributed by atoms with Crippen LogP contribution < -0.4 is 16.0 Å². The van der Waals surface area contributed by atoms with Crippen molar-refractivity contribution in [1.29, 1.82) is 5.26 Å². The molecule has 2 aromatic heterocycles. The van der Waals surface area contributed by atoms with E-state index in [-0.39, 0.29) is 12.1 Å². The summed E-state index contributed by atoms with van der Waals surface area (Å²) in [4.78, 5) is 12.3. The number of H-pyrrole nitrogens is 1. The number of rotatable bonds is 3. The number of hydrogen-bond acceptors (Lipinski definition) is 6. The van der Waals surface area contributed by atoms with Gasteiger partial charge in [-0.1, -0.05) is 36.4 Å². The molecule has 3 N–H and O–H groups in total. The number of fused-ring (bicyclic) bond motifs is 4. The van der Waals surface area contributed by atoms with Crippen molar-refractivity contribution in [2.24, 2.45) is 5.73 Å². The fourth-order valence-electron chi connectivity index (χ4n) is 4.83. The molecular weight excluding hydrogens is 452 g/mol. The number of benzene rings is 3. The molecule has 6 rings (SSSR count). The summed E-state index contributed by atoms with van der Waals surface area (Å²) < 4.78 is 8.14. The van der Waals surface area contributed by atoms with Crippen molar-refractivity contribution < 1.29 is 4.74 Å². The highest BCUT2D eigenvalue weighted by Gasteiger charge is 2.25. The molecule has 0 radical (unpaired) electrons. The molecule has 0 saturated heterocycles. The Morgan fingerprint density at radius 2 is 1.92 bits per heavy atom. The minimum Gasteiger partial charge on any atom is -0.493 e. The van der Waals surface area contributed by atoms with Crippen LogP contribution in [0.2, 0.25) is 0 Å². The van der Waals surface area contributed by atoms with E-state index in [1.165, 1.54) is 0 Å². The second-order valence-corrected chi connectivity index (χ2v) is 8.67. The molecule has 8 heteroatoms. The zero-order chi connectivity index (χ0) is 24.6. The van der Waals surface area contributed by atoms with Crippen LogP contribution in [0.25, 0.3) is 44.3 Å². The molecule has 3 aromatic carbocycles. The van der Waals surface area contributed by atoms with Gasteiger partial charge in [-0.15, -0.1) is 0 Å². The first-order valence-electron chi connectivity index (χ1n) is 11.7. The van der Waals surface area contributed by atoms with Crippen molar-refractivity contribution in [3.8, 4) is 45.3 Å². The zero-order valence-electron chi connectivity index (χ0n) is 19.4. The Hall–Kier alpha value is -4.74. The lowest BCUT2D eigenvalue weighted by Gasteiger charge is -2.21. The Bertz CT molecular complexity index is 1710. The van der Waals surface area contributed by atoms with Crippen molar-refractivity contribution in [2.75, 3.05) is 6.61 Å². The average Bonchev–Trinajstić information content (AvgIpc) is 3.32. The van der Waals surface area contributed by atoms with Gasteiger partial charge in [0.2, 0.25) is 0 Å². The van der Waals surface area contributed by atoms with Crippen LogP contribution in [0.1, 0.15) is 17.7 Å². The topological polar surface area (TPSA) is 123 Å². The van der Waals surface area contributed by atoms with Gasteiger partial charge in [-0.05, 0) is 41.0 Å². The Balaban J connectivity index is 1.60. The van der Waals surface area contributed by atoms with Crippen LogP contribution in [-0.4, -0.2) is 26.6 Å². The van der Waals surface area contributed by atoms with Crippen molar-refractivity contribution >= 4 is 10.8 Å². The van der Waals surface area contributed by atoms with Crippen molar-refractivity contribution in [3.05, 3.63) is 88.5 Å². The van der Waals surface area contributed by atoms with E-state index < -0.39 is 0 Å². The van der Waals surface area contributed by atoms with E-state index in [2.05, 4.69) is 21.4 Å². The summed E-state index contributed by atoms with van der Waals surface area (Å²) >= 11 is 0. The summed E-state index contributed by atoms with van der Waals surface area (Å²) in [6.07, 6.45) is 2.58. The Morgan fingerprint density at radius 3 is 2.72 bits per heavy atom. The molecule has 0 amide bonds. The van der Waals surface area contributed by atoms with E-state index in [9.17, 15) is 10.1 Å². The molecule has 0 bridgehead atoms. The number of ether oxygens (including phenoxy) is 1. The van der Waals surface area contributed by atoms with E-state index in [0.717, 1.165) is 34.4 Å². The van der Waals surface area contributed by atoms with E-state index in [0.29, 0.717) is 46.5 Å². The molecular formula is C28H22N6O2. The molecule has 3 heterocycles. The van der Waals surface area contributed by atoms with Crippen LogP contribution in [0, 0.1) is 11.3 Å². The SMILES string of the molecule is N#Cc1cc(-c2ccccc2)cc2c1-c1c(-c3ccc4c(=O)[nH]nc(CN)c4c3)cnn1CCCO2. The minimum absolute atomic E-state index is 0.195. The minimum atomic E-state index is -0.266. The van der Waals surface area contributed by atoms with E-state index in [4.69, 9.17) is 10.5 Å². The van der Waals surface area contributed by atoms with Gasteiger partial charge in [0.25, 0.3) is 5.56 Å². The fraction of sp³-hybridized carbons (Fsp3) is 0.143. The van der Waals surface area contributed by atoms with Crippen LogP contribution in [0.5, 0.6) is 5.75 Å². The number of aryl methyl sites for hydroxylation is 1. The number of hydrogen-bond donors (Lipinski definition) is 2. The average molecular weight is 475 g/mol. The van der Waals surface area contributed by atoms with Crippen LogP contribution in [-0.2, 0) is 13.1 Å². The van der Waals surface area contributed by atoms with E-state index >= 15 is 0 Å². The van der Waals surface area contributed by atoms with Gasteiger partial charge in [-0.25, -0.2) is 5.10 Å². The molecule has 176 valence electrons. The first-order valence-corrected chi connectivity index (χ1v) is 11.7. The molecule has 8 nitrogen and oxygen atoms in total. The quantitative estimate of drug-likeness (QED) is 0.403. The Kier molecular flexibility index (Phi) is 5.32. The maximum atomic E-state index is 12.3. The Morgan fingerprint density at radius 1 is 1.06 bits per heavy atom. The van der Waals surface area contributed by atoms with Crippen LogP contribution >= 0.6 is 0 Å². The number of nitrogens with two attached hydrogens (primary N) is 1. The number of nitrogens with zero attached hydrogens (tertiary/aromatic N) is 4. The normalized spacial score (nSPS) is 12.7. The lowest BCUT2D eigenvalue weighted by atomic mass is 9.92. The number of aromatic amines is 1. The molecule has 1 aliphatic heterocycles.